The minimum Gasteiger partial charge on any atom is -0.429 e. The number of aliphatic imine (C=N–C) groups is 1. The Bertz CT molecular complexity index is 488. The number of para-hydroxylation sites is 1. The van der Waals surface area contributed by atoms with E-state index in [1.807, 2.05) is 0 Å². The van der Waals surface area contributed by atoms with Crippen molar-refractivity contribution in [2.45, 2.75) is 6.61 Å². The van der Waals surface area contributed by atoms with E-state index in [2.05, 4.69) is 15.0 Å². The molecule has 0 aliphatic carbocycles. The molecule has 0 saturated heterocycles. The molecule has 1 aromatic carbocycles. The van der Waals surface area contributed by atoms with Gasteiger partial charge in [-0.05, 0) is 18.4 Å². The van der Waals surface area contributed by atoms with Gasteiger partial charge in [-0.1, -0.05) is 17.8 Å². The lowest BCUT2D eigenvalue weighted by atomic mass is 10.3. The SMILES string of the molecule is CSC(=Nc1cccc(F)c1OC(F)F)NC#N. The van der Waals surface area contributed by atoms with E-state index in [0.717, 1.165) is 17.8 Å². The molecular formula is C10H8F3N3OS. The van der Waals surface area contributed by atoms with E-state index in [-0.39, 0.29) is 10.9 Å². The summed E-state index contributed by atoms with van der Waals surface area (Å²) in [6, 6.07) is 3.58. The van der Waals surface area contributed by atoms with Crippen molar-refractivity contribution in [3.63, 3.8) is 0 Å². The predicted octanol–water partition coefficient (Wildman–Crippen LogP) is 2.85. The van der Waals surface area contributed by atoms with Crippen LogP contribution in [0.25, 0.3) is 0 Å². The Morgan fingerprint density at radius 1 is 1.56 bits per heavy atom. The van der Waals surface area contributed by atoms with Crippen LogP contribution in [0.2, 0.25) is 0 Å². The number of rotatable bonds is 3. The molecule has 1 aromatic rings. The van der Waals surface area contributed by atoms with Crippen LogP contribution < -0.4 is 10.1 Å². The van der Waals surface area contributed by atoms with Crippen molar-refractivity contribution in [1.29, 1.82) is 5.26 Å². The number of nitriles is 1. The number of halogens is 3. The van der Waals surface area contributed by atoms with Gasteiger partial charge in [0.1, 0.15) is 5.69 Å². The van der Waals surface area contributed by atoms with Crippen LogP contribution in [0.4, 0.5) is 18.9 Å². The summed E-state index contributed by atoms with van der Waals surface area (Å²) in [5.41, 5.74) is -0.123. The molecule has 0 spiro atoms. The molecule has 18 heavy (non-hydrogen) atoms. The molecule has 1 rings (SSSR count). The van der Waals surface area contributed by atoms with E-state index in [0.29, 0.717) is 0 Å². The Labute approximate surface area is 105 Å². The molecule has 4 nitrogen and oxygen atoms in total. The van der Waals surface area contributed by atoms with Crippen molar-refractivity contribution >= 4 is 22.6 Å². The van der Waals surface area contributed by atoms with Crippen LogP contribution in [-0.2, 0) is 0 Å². The summed E-state index contributed by atoms with van der Waals surface area (Å²) in [6.07, 6.45) is 3.25. The van der Waals surface area contributed by atoms with Crippen molar-refractivity contribution in [2.75, 3.05) is 6.26 Å². The molecule has 0 aliphatic heterocycles. The van der Waals surface area contributed by atoms with E-state index in [1.165, 1.54) is 12.1 Å². The highest BCUT2D eigenvalue weighted by Crippen LogP contribution is 2.32. The van der Waals surface area contributed by atoms with Crippen LogP contribution in [0.5, 0.6) is 5.75 Å². The minimum atomic E-state index is -3.16. The maximum Gasteiger partial charge on any atom is 0.387 e. The van der Waals surface area contributed by atoms with Gasteiger partial charge in [0.15, 0.2) is 22.9 Å². The number of hydrogen-bond acceptors (Lipinski definition) is 4. The molecule has 0 unspecified atom stereocenters. The fourth-order valence-corrected chi connectivity index (χ4v) is 1.41. The Morgan fingerprint density at radius 3 is 2.83 bits per heavy atom. The summed E-state index contributed by atoms with van der Waals surface area (Å²) in [7, 11) is 0. The van der Waals surface area contributed by atoms with Gasteiger partial charge in [0.05, 0.1) is 0 Å². The fourth-order valence-electron chi connectivity index (χ4n) is 1.07. The van der Waals surface area contributed by atoms with Gasteiger partial charge < -0.3 is 4.74 Å². The molecule has 8 heteroatoms. The van der Waals surface area contributed by atoms with Crippen molar-refractivity contribution in [3.05, 3.63) is 24.0 Å². The Kier molecular flexibility index (Phi) is 5.32. The van der Waals surface area contributed by atoms with Gasteiger partial charge in [-0.15, -0.1) is 0 Å². The van der Waals surface area contributed by atoms with Gasteiger partial charge in [0, 0.05) is 0 Å². The second kappa shape index (κ2) is 6.76. The summed E-state index contributed by atoms with van der Waals surface area (Å²) in [5.74, 6) is -1.60. The fraction of sp³-hybridized carbons (Fsp3) is 0.200. The number of hydrogen-bond donors (Lipinski definition) is 1. The van der Waals surface area contributed by atoms with E-state index in [9.17, 15) is 13.2 Å². The summed E-state index contributed by atoms with van der Waals surface area (Å²) in [5, 5.41) is 10.8. The molecule has 0 aliphatic rings. The zero-order valence-electron chi connectivity index (χ0n) is 9.15. The third-order valence-electron chi connectivity index (χ3n) is 1.73. The van der Waals surface area contributed by atoms with E-state index in [4.69, 9.17) is 5.26 Å². The zero-order chi connectivity index (χ0) is 13.5. The molecule has 0 aromatic heterocycles. The molecular weight excluding hydrogens is 267 g/mol. The van der Waals surface area contributed by atoms with Crippen LogP contribution in [0.3, 0.4) is 0 Å². The average Bonchev–Trinajstić information content (AvgIpc) is 2.32. The maximum absolute atomic E-state index is 13.3. The standard InChI is InChI=1S/C10H8F3N3OS/c1-18-10(15-5-14)16-7-4-2-3-6(11)8(7)17-9(12)13/h2-4,9H,1H3,(H,15,16). The Balaban J connectivity index is 3.15. The zero-order valence-corrected chi connectivity index (χ0v) is 9.97. The van der Waals surface area contributed by atoms with E-state index < -0.39 is 18.2 Å². The van der Waals surface area contributed by atoms with Gasteiger partial charge in [-0.3, -0.25) is 5.32 Å². The molecule has 0 bridgehead atoms. The second-order valence-electron chi connectivity index (χ2n) is 2.82. The van der Waals surface area contributed by atoms with Crippen molar-refractivity contribution < 1.29 is 17.9 Å². The minimum absolute atomic E-state index is 0.123. The number of alkyl halides is 2. The first-order chi connectivity index (χ1) is 8.58. The van der Waals surface area contributed by atoms with Crippen molar-refractivity contribution in [1.82, 2.24) is 5.32 Å². The quantitative estimate of drug-likeness (QED) is 0.399. The van der Waals surface area contributed by atoms with Crippen molar-refractivity contribution in [2.24, 2.45) is 4.99 Å². The third kappa shape index (κ3) is 3.85. The van der Waals surface area contributed by atoms with Gasteiger partial charge in [-0.25, -0.2) is 9.38 Å². The van der Waals surface area contributed by atoms with E-state index in [1.54, 1.807) is 12.4 Å². The molecule has 0 heterocycles. The number of ether oxygens (including phenoxy) is 1. The average molecular weight is 275 g/mol. The first kappa shape index (κ1) is 14.2. The molecule has 96 valence electrons. The largest absolute Gasteiger partial charge is 0.429 e. The molecule has 0 fully saturated rings. The smallest absolute Gasteiger partial charge is 0.387 e. The van der Waals surface area contributed by atoms with Gasteiger partial charge in [-0.2, -0.15) is 14.0 Å². The first-order valence-corrected chi connectivity index (χ1v) is 5.82. The van der Waals surface area contributed by atoms with Crippen LogP contribution in [0.1, 0.15) is 0 Å². The number of amidine groups is 1. The summed E-state index contributed by atoms with van der Waals surface area (Å²) in [6.45, 7) is -3.16. The summed E-state index contributed by atoms with van der Waals surface area (Å²) < 4.78 is 41.7. The highest BCUT2D eigenvalue weighted by Gasteiger charge is 2.14. The van der Waals surface area contributed by atoms with Gasteiger partial charge in [0.25, 0.3) is 0 Å². The van der Waals surface area contributed by atoms with Crippen LogP contribution in [0.15, 0.2) is 23.2 Å². The first-order valence-electron chi connectivity index (χ1n) is 4.59. The van der Waals surface area contributed by atoms with Crippen LogP contribution in [0, 0.1) is 17.3 Å². The summed E-state index contributed by atoms with van der Waals surface area (Å²) in [4.78, 5) is 3.83. The highest BCUT2D eigenvalue weighted by atomic mass is 32.2. The van der Waals surface area contributed by atoms with Gasteiger partial charge >= 0.3 is 6.61 Å². The third-order valence-corrected chi connectivity index (χ3v) is 2.31. The van der Waals surface area contributed by atoms with Crippen molar-refractivity contribution in [3.8, 4) is 11.9 Å². The highest BCUT2D eigenvalue weighted by molar-refractivity contribution is 8.13. The lowest BCUT2D eigenvalue weighted by Gasteiger charge is -2.09. The predicted molar refractivity (Wildman–Crippen MR) is 62.4 cm³/mol. The monoisotopic (exact) mass is 275 g/mol. The molecule has 1 N–H and O–H groups in total. The topological polar surface area (TPSA) is 57.4 Å². The normalized spacial score (nSPS) is 11.2. The molecule has 0 amide bonds. The Hall–Kier alpha value is -1.88. The number of thioether (sulfide) groups is 1. The number of nitrogens with one attached hydrogen (secondary N) is 1. The number of nitrogens with zero attached hydrogens (tertiary/aromatic N) is 2. The Morgan fingerprint density at radius 2 is 2.28 bits per heavy atom. The molecule has 0 radical (unpaired) electrons. The second-order valence-corrected chi connectivity index (χ2v) is 3.62. The molecule has 0 atom stereocenters. The number of benzene rings is 1. The lowest BCUT2D eigenvalue weighted by Crippen LogP contribution is -2.12. The maximum atomic E-state index is 13.3. The molecule has 0 saturated carbocycles. The summed E-state index contributed by atoms with van der Waals surface area (Å²) >= 11 is 1.07. The van der Waals surface area contributed by atoms with Crippen LogP contribution in [-0.4, -0.2) is 18.0 Å². The van der Waals surface area contributed by atoms with E-state index >= 15 is 0 Å². The van der Waals surface area contributed by atoms with Gasteiger partial charge in [0.2, 0.25) is 0 Å². The lowest BCUT2D eigenvalue weighted by molar-refractivity contribution is -0.0517. The van der Waals surface area contributed by atoms with Crippen LogP contribution >= 0.6 is 11.8 Å².